The van der Waals surface area contributed by atoms with Gasteiger partial charge in [-0.2, -0.15) is 0 Å². The summed E-state index contributed by atoms with van der Waals surface area (Å²) in [5.74, 6) is 0. The van der Waals surface area contributed by atoms with Gasteiger partial charge in [-0.3, -0.25) is 17.7 Å². The van der Waals surface area contributed by atoms with E-state index in [1.807, 2.05) is 0 Å². The van der Waals surface area contributed by atoms with E-state index in [4.69, 9.17) is 0 Å². The zero-order valence-corrected chi connectivity index (χ0v) is 2.83. The van der Waals surface area contributed by atoms with Crippen molar-refractivity contribution in [3.05, 3.63) is 0 Å². The predicted octanol–water partition coefficient (Wildman–Crippen LogP) is 1.19. The minimum Gasteiger partial charge on any atom is -0.344 e. The van der Waals surface area contributed by atoms with Gasteiger partial charge in [0, 0.05) is 0 Å². The molecule has 0 heterocycles. The highest BCUT2D eigenvalue weighted by Gasteiger charge is 2.06. The Morgan fingerprint density at radius 3 is 1.00 bits per heavy atom. The van der Waals surface area contributed by atoms with Gasteiger partial charge in [0.1, 0.15) is 0 Å². The third-order valence-electron chi connectivity index (χ3n) is 0. The fourth-order valence-corrected chi connectivity index (χ4v) is 0. The molecule has 1 nitrogen and oxygen atoms in total. The van der Waals surface area contributed by atoms with Crippen LogP contribution in [0, 0.1) is 0 Å². The lowest BCUT2D eigenvalue weighted by atomic mass is 10.5. The third-order valence-corrected chi connectivity index (χ3v) is 0. The molecule has 0 saturated heterocycles. The summed E-state index contributed by atoms with van der Waals surface area (Å²) in [6, 6.07) is 0. The molecule has 0 aliphatic rings. The van der Waals surface area contributed by atoms with Gasteiger partial charge in [-0.1, -0.05) is 0 Å². The third kappa shape index (κ3) is 434. The molecule has 40 valence electrons. The van der Waals surface area contributed by atoms with Crippen LogP contribution in [-0.4, -0.2) is 7.54 Å². The van der Waals surface area contributed by atoms with E-state index >= 15 is 0 Å². The van der Waals surface area contributed by atoms with Gasteiger partial charge in [-0.05, 0) is 0 Å². The molecule has 0 unspecified atom stereocenters. The molecule has 6 heteroatoms. The Kier molecular flexibility index (Phi) is 25.3. The van der Waals surface area contributed by atoms with Crippen LogP contribution in [0.4, 0.5) is 17.7 Å². The maximum Gasteiger partial charge on any atom is 0.762 e. The minimum absolute atomic E-state index is 0. The average Bonchev–Trinajstić information content (AvgIpc) is 0.811. The molecule has 0 saturated carbocycles. The van der Waals surface area contributed by atoms with E-state index in [2.05, 4.69) is 0 Å². The van der Waals surface area contributed by atoms with Crippen molar-refractivity contribution in [1.82, 2.24) is 6.15 Å². The van der Waals surface area contributed by atoms with Crippen LogP contribution < -0.4 is 6.15 Å². The van der Waals surface area contributed by atoms with Gasteiger partial charge in [0.05, 0.1) is 0 Å². The summed E-state index contributed by atoms with van der Waals surface area (Å²) in [5, 5.41) is 0. The van der Waals surface area contributed by atoms with E-state index < -0.39 is 7.54 Å². The van der Waals surface area contributed by atoms with Gasteiger partial charge in [0.2, 0.25) is 0 Å². The second kappa shape index (κ2) is 8.83. The van der Waals surface area contributed by atoms with E-state index in [1.54, 1.807) is 0 Å². The highest BCUT2D eigenvalue weighted by atomic mass is 19.4. The molecule has 0 aromatic carbocycles. The fraction of sp³-hybridized carbons (Fsp3) is 0. The summed E-state index contributed by atoms with van der Waals surface area (Å²) in [4.78, 5) is 0. The van der Waals surface area contributed by atoms with Gasteiger partial charge in [0.15, 0.2) is 0 Å². The lowest BCUT2D eigenvalue weighted by molar-refractivity contribution is 0.535. The first-order valence-corrected chi connectivity index (χ1v) is 0.655. The first-order chi connectivity index (χ1) is 1.73. The van der Waals surface area contributed by atoms with Crippen molar-refractivity contribution >= 4 is 7.54 Å². The fourth-order valence-electron chi connectivity index (χ4n) is 0. The summed E-state index contributed by atoms with van der Waals surface area (Å²) in [5.41, 5.74) is 0. The second-order valence-electron chi connectivity index (χ2n) is 0.247. The molecular weight excluding hydrogens is 101 g/mol. The monoisotopic (exact) mass is 105 g/mol. The Morgan fingerprint density at radius 1 is 1.00 bits per heavy atom. The molecule has 0 bridgehead atoms. The average molecular weight is 105 g/mol. The Labute approximate surface area is 32.7 Å². The van der Waals surface area contributed by atoms with Gasteiger partial charge < -0.3 is 6.15 Å². The highest BCUT2D eigenvalue weighted by molar-refractivity contribution is 6.33. The summed E-state index contributed by atoms with van der Waals surface area (Å²) >= 11 is 0. The molecule has 0 rings (SSSR count). The van der Waals surface area contributed by atoms with Crippen LogP contribution in [0.15, 0.2) is 0 Å². The van der Waals surface area contributed by atoms with Gasteiger partial charge >= 0.3 is 7.54 Å². The zero-order valence-electron chi connectivity index (χ0n) is 2.83. The Balaban J connectivity index is -0.0000000450. The molecule has 0 amide bonds. The molecule has 0 aliphatic heterocycles. The number of halogens is 4. The maximum absolute atomic E-state index is 9.67. The molecular formula is H4BF4N. The van der Waals surface area contributed by atoms with Crippen LogP contribution in [0.2, 0.25) is 0 Å². The van der Waals surface area contributed by atoms with Crippen LogP contribution in [0.25, 0.3) is 0 Å². The topological polar surface area (TPSA) is 35.0 Å². The number of hydrogen-bond donors (Lipinski definition) is 1. The summed E-state index contributed by atoms with van der Waals surface area (Å²) in [6.07, 6.45) is 0. The predicted molar refractivity (Wildman–Crippen MR) is 16.6 cm³/mol. The molecule has 0 spiro atoms. The van der Waals surface area contributed by atoms with Crippen molar-refractivity contribution in [2.24, 2.45) is 0 Å². The summed E-state index contributed by atoms with van der Waals surface area (Å²) < 4.78 is 29.0. The van der Waals surface area contributed by atoms with Crippen LogP contribution in [0.3, 0.4) is 0 Å². The minimum atomic E-state index is -3.67. The van der Waals surface area contributed by atoms with E-state index in [1.165, 1.54) is 0 Å². The van der Waals surface area contributed by atoms with Crippen molar-refractivity contribution in [2.45, 2.75) is 0 Å². The molecule has 0 fully saturated rings. The standard InChI is InChI=1S/BF3.FH.H3N/c2-1(3)4;;/h;1H;1H3. The Morgan fingerprint density at radius 2 is 1.00 bits per heavy atom. The van der Waals surface area contributed by atoms with Crippen LogP contribution >= 0.6 is 0 Å². The van der Waals surface area contributed by atoms with Crippen molar-refractivity contribution in [1.29, 1.82) is 0 Å². The van der Waals surface area contributed by atoms with Crippen LogP contribution in [-0.2, 0) is 0 Å². The number of hydrogen-bond acceptors (Lipinski definition) is 1. The lowest BCUT2D eigenvalue weighted by Crippen LogP contribution is -1.76. The quantitative estimate of drug-likeness (QED) is 0.364. The van der Waals surface area contributed by atoms with Crippen molar-refractivity contribution < 1.29 is 17.7 Å². The smallest absolute Gasteiger partial charge is 0.344 e. The maximum atomic E-state index is 9.67. The number of rotatable bonds is 0. The van der Waals surface area contributed by atoms with Crippen molar-refractivity contribution in [3.8, 4) is 0 Å². The molecule has 0 aromatic rings. The SMILES string of the molecule is F.FB(F)F.N. The largest absolute Gasteiger partial charge is 0.762 e. The van der Waals surface area contributed by atoms with E-state index in [0.29, 0.717) is 0 Å². The zero-order chi connectivity index (χ0) is 3.58. The van der Waals surface area contributed by atoms with Crippen LogP contribution in [0.1, 0.15) is 0 Å². The lowest BCUT2D eigenvalue weighted by Gasteiger charge is -1.55. The first kappa shape index (κ1) is 17.2. The molecule has 0 atom stereocenters. The van der Waals surface area contributed by atoms with E-state index in [0.717, 1.165) is 0 Å². The van der Waals surface area contributed by atoms with Crippen molar-refractivity contribution in [2.75, 3.05) is 0 Å². The van der Waals surface area contributed by atoms with E-state index in [-0.39, 0.29) is 10.9 Å². The summed E-state index contributed by atoms with van der Waals surface area (Å²) in [6.45, 7) is 0. The molecule has 3 N–H and O–H groups in total. The first-order valence-electron chi connectivity index (χ1n) is 0.655. The van der Waals surface area contributed by atoms with E-state index in [9.17, 15) is 12.9 Å². The summed E-state index contributed by atoms with van der Waals surface area (Å²) in [7, 11) is -3.67. The highest BCUT2D eigenvalue weighted by Crippen LogP contribution is 1.80. The normalized spacial score (nSPS) is 4.50. The second-order valence-corrected chi connectivity index (χ2v) is 0.247. The van der Waals surface area contributed by atoms with Gasteiger partial charge in [0.25, 0.3) is 0 Å². The molecule has 6 heavy (non-hydrogen) atoms. The Bertz CT molecular complexity index is 12.3. The van der Waals surface area contributed by atoms with Crippen LogP contribution in [0.5, 0.6) is 0 Å². The molecule has 0 radical (unpaired) electrons. The van der Waals surface area contributed by atoms with Crippen molar-refractivity contribution in [3.63, 3.8) is 0 Å². The molecule has 0 aliphatic carbocycles. The van der Waals surface area contributed by atoms with Gasteiger partial charge in [-0.15, -0.1) is 0 Å². The molecule has 0 aromatic heterocycles. The Hall–Kier alpha value is -0.255. The van der Waals surface area contributed by atoms with Gasteiger partial charge in [-0.25, -0.2) is 0 Å².